The minimum atomic E-state index is 0.0790. The first-order valence-electron chi connectivity index (χ1n) is 12.7. The number of thiophene rings is 1. The van der Waals surface area contributed by atoms with Crippen LogP contribution in [0, 0.1) is 11.3 Å². The molecule has 1 unspecified atom stereocenters. The average molecular weight is 499 g/mol. The molecule has 0 bridgehead atoms. The quantitative estimate of drug-likeness (QED) is 0.172. The van der Waals surface area contributed by atoms with Gasteiger partial charge in [-0.2, -0.15) is 0 Å². The first-order chi connectivity index (χ1) is 16.3. The molecule has 2 heterocycles. The van der Waals surface area contributed by atoms with Crippen LogP contribution in [0.25, 0.3) is 15.9 Å². The first kappa shape index (κ1) is 25.3. The van der Waals surface area contributed by atoms with Gasteiger partial charge in [-0.25, -0.2) is 4.98 Å². The molecule has 0 radical (unpaired) electrons. The van der Waals surface area contributed by atoms with Crippen molar-refractivity contribution in [2.24, 2.45) is 11.3 Å². The lowest BCUT2D eigenvalue weighted by molar-refractivity contribution is 0.218. The molecule has 1 aromatic carbocycles. The lowest BCUT2D eigenvalue weighted by atomic mass is 9.72. The fourth-order valence-corrected chi connectivity index (χ4v) is 7.22. The fraction of sp³-hybridized carbons (Fsp3) is 0.571. The second-order valence-corrected chi connectivity index (χ2v) is 12.6. The summed E-state index contributed by atoms with van der Waals surface area (Å²) in [7, 11) is 1.66. The average Bonchev–Trinajstić information content (AvgIpc) is 3.19. The highest BCUT2D eigenvalue weighted by Crippen LogP contribution is 2.42. The number of aryl methyl sites for hydroxylation is 1. The van der Waals surface area contributed by atoms with Crippen LogP contribution >= 0.6 is 23.1 Å². The van der Waals surface area contributed by atoms with Gasteiger partial charge in [-0.1, -0.05) is 65.1 Å². The number of unbranched alkanes of at least 4 members (excludes halogenated alkanes) is 4. The van der Waals surface area contributed by atoms with Gasteiger partial charge < -0.3 is 4.74 Å². The third kappa shape index (κ3) is 5.38. The molecule has 4 rings (SSSR count). The number of hydrogen-bond acceptors (Lipinski definition) is 5. The van der Waals surface area contributed by atoms with E-state index in [2.05, 4.69) is 27.7 Å². The summed E-state index contributed by atoms with van der Waals surface area (Å²) >= 11 is 3.47. The van der Waals surface area contributed by atoms with E-state index in [1.807, 2.05) is 28.8 Å². The van der Waals surface area contributed by atoms with E-state index in [9.17, 15) is 4.79 Å². The number of hydrogen-bond donors (Lipinski definition) is 0. The van der Waals surface area contributed by atoms with Gasteiger partial charge >= 0.3 is 0 Å². The molecule has 184 valence electrons. The van der Waals surface area contributed by atoms with Crippen LogP contribution in [-0.4, -0.2) is 22.4 Å². The van der Waals surface area contributed by atoms with Crippen LogP contribution in [0.5, 0.6) is 5.75 Å². The minimum absolute atomic E-state index is 0.0790. The summed E-state index contributed by atoms with van der Waals surface area (Å²) in [6.07, 6.45) is 9.37. The lowest BCUT2D eigenvalue weighted by Crippen LogP contribution is -2.27. The van der Waals surface area contributed by atoms with E-state index < -0.39 is 0 Å². The van der Waals surface area contributed by atoms with Crippen LogP contribution in [0.2, 0.25) is 0 Å². The summed E-state index contributed by atoms with van der Waals surface area (Å²) < 4.78 is 7.17. The van der Waals surface area contributed by atoms with Gasteiger partial charge in [-0.3, -0.25) is 9.36 Å². The maximum absolute atomic E-state index is 14.0. The third-order valence-electron chi connectivity index (χ3n) is 7.09. The molecule has 0 aliphatic heterocycles. The molecule has 0 saturated carbocycles. The Labute approximate surface area is 212 Å². The number of methoxy groups -OCH3 is 1. The molecule has 6 heteroatoms. The van der Waals surface area contributed by atoms with Gasteiger partial charge in [-0.15, -0.1) is 11.3 Å². The fourth-order valence-electron chi connectivity index (χ4n) is 4.87. The Balaban J connectivity index is 1.73. The van der Waals surface area contributed by atoms with Gasteiger partial charge in [0.05, 0.1) is 18.2 Å². The third-order valence-corrected chi connectivity index (χ3v) is 9.26. The van der Waals surface area contributed by atoms with Gasteiger partial charge in [-0.05, 0) is 66.8 Å². The molecular weight excluding hydrogens is 460 g/mol. The highest BCUT2D eigenvalue weighted by Gasteiger charge is 2.32. The smallest absolute Gasteiger partial charge is 0.267 e. The Morgan fingerprint density at radius 3 is 2.56 bits per heavy atom. The number of fused-ring (bicyclic) bond motifs is 3. The highest BCUT2D eigenvalue weighted by atomic mass is 32.2. The molecule has 2 aromatic heterocycles. The molecule has 4 nitrogen and oxygen atoms in total. The maximum Gasteiger partial charge on any atom is 0.267 e. The van der Waals surface area contributed by atoms with Gasteiger partial charge in [0.1, 0.15) is 10.6 Å². The van der Waals surface area contributed by atoms with Crippen LogP contribution in [-0.2, 0) is 12.8 Å². The number of nitrogens with zero attached hydrogens (tertiary/aromatic N) is 2. The summed E-state index contributed by atoms with van der Waals surface area (Å²) in [5, 5.41) is 1.65. The van der Waals surface area contributed by atoms with Crippen LogP contribution in [0.15, 0.2) is 34.2 Å². The molecule has 0 N–H and O–H groups in total. The van der Waals surface area contributed by atoms with E-state index in [4.69, 9.17) is 9.72 Å². The van der Waals surface area contributed by atoms with Crippen LogP contribution in [0.4, 0.5) is 0 Å². The van der Waals surface area contributed by atoms with Crippen LogP contribution < -0.4 is 10.3 Å². The molecule has 34 heavy (non-hydrogen) atoms. The first-order valence-corrected chi connectivity index (χ1v) is 14.5. The molecule has 0 saturated heterocycles. The summed E-state index contributed by atoms with van der Waals surface area (Å²) in [6, 6.07) is 7.77. The topological polar surface area (TPSA) is 44.1 Å². The number of rotatable bonds is 9. The Hall–Kier alpha value is -1.79. The molecule has 0 amide bonds. The van der Waals surface area contributed by atoms with Crippen molar-refractivity contribution in [1.82, 2.24) is 9.55 Å². The van der Waals surface area contributed by atoms with Crippen molar-refractivity contribution in [2.45, 2.75) is 84.2 Å². The van der Waals surface area contributed by atoms with Crippen LogP contribution in [0.3, 0.4) is 0 Å². The summed E-state index contributed by atoms with van der Waals surface area (Å²) in [6.45, 7) is 9.24. The zero-order valence-electron chi connectivity index (χ0n) is 21.3. The van der Waals surface area contributed by atoms with Crippen molar-refractivity contribution in [1.29, 1.82) is 0 Å². The Kier molecular flexibility index (Phi) is 8.08. The van der Waals surface area contributed by atoms with Crippen molar-refractivity contribution in [3.63, 3.8) is 0 Å². The van der Waals surface area contributed by atoms with Crippen LogP contribution in [0.1, 0.15) is 76.7 Å². The van der Waals surface area contributed by atoms with E-state index >= 15 is 0 Å². The summed E-state index contributed by atoms with van der Waals surface area (Å²) in [4.78, 5) is 21.4. The van der Waals surface area contributed by atoms with Gasteiger partial charge in [0.15, 0.2) is 5.16 Å². The predicted molar refractivity (Wildman–Crippen MR) is 146 cm³/mol. The second kappa shape index (κ2) is 10.9. The summed E-state index contributed by atoms with van der Waals surface area (Å²) in [5.41, 5.74) is 2.47. The largest absolute Gasteiger partial charge is 0.497 e. The molecule has 1 aliphatic rings. The maximum atomic E-state index is 14.0. The normalized spacial score (nSPS) is 16.1. The second-order valence-electron chi connectivity index (χ2n) is 10.5. The van der Waals surface area contributed by atoms with Crippen molar-refractivity contribution in [2.75, 3.05) is 12.9 Å². The number of thioether (sulfide) groups is 1. The van der Waals surface area contributed by atoms with Gasteiger partial charge in [0.25, 0.3) is 5.56 Å². The number of aromatic nitrogens is 2. The zero-order valence-corrected chi connectivity index (χ0v) is 22.9. The van der Waals surface area contributed by atoms with Crippen molar-refractivity contribution < 1.29 is 4.74 Å². The van der Waals surface area contributed by atoms with Crippen molar-refractivity contribution >= 4 is 33.3 Å². The zero-order chi connectivity index (χ0) is 24.3. The molecular formula is C28H38N2O2S2. The predicted octanol–water partition coefficient (Wildman–Crippen LogP) is 7.67. The van der Waals surface area contributed by atoms with E-state index in [1.165, 1.54) is 36.1 Å². The van der Waals surface area contributed by atoms with E-state index in [-0.39, 0.29) is 11.0 Å². The standard InChI is InChI=1S/C28H38N2O2S2/c1-6-7-8-9-10-17-33-27-29-25-24(22-16-11-19(28(2,3)4)18-23(22)34-25)26(31)30(27)20-12-14-21(32-5)15-13-20/h12-15,19H,6-11,16-18H2,1-5H3. The van der Waals surface area contributed by atoms with E-state index in [0.29, 0.717) is 5.92 Å². The lowest BCUT2D eigenvalue weighted by Gasteiger charge is -2.33. The molecule has 1 aliphatic carbocycles. The monoisotopic (exact) mass is 498 g/mol. The highest BCUT2D eigenvalue weighted by molar-refractivity contribution is 7.99. The van der Waals surface area contributed by atoms with Crippen molar-refractivity contribution in [3.8, 4) is 11.4 Å². The summed E-state index contributed by atoms with van der Waals surface area (Å²) in [5.74, 6) is 2.42. The van der Waals surface area contributed by atoms with E-state index in [0.717, 1.165) is 58.2 Å². The number of benzene rings is 1. The Morgan fingerprint density at radius 1 is 1.15 bits per heavy atom. The minimum Gasteiger partial charge on any atom is -0.497 e. The molecule has 0 fully saturated rings. The van der Waals surface area contributed by atoms with E-state index in [1.54, 1.807) is 30.2 Å². The Morgan fingerprint density at radius 2 is 1.88 bits per heavy atom. The van der Waals surface area contributed by atoms with Crippen molar-refractivity contribution in [3.05, 3.63) is 45.1 Å². The molecule has 0 spiro atoms. The Bertz CT molecular complexity index is 1170. The SMILES string of the molecule is CCCCCCCSc1nc2sc3c(c2c(=O)n1-c1ccc(OC)cc1)CCC(C(C)(C)C)C3. The molecule has 3 aromatic rings. The number of ether oxygens (including phenoxy) is 1. The molecule has 1 atom stereocenters. The van der Waals surface area contributed by atoms with Gasteiger partial charge in [0.2, 0.25) is 0 Å². The van der Waals surface area contributed by atoms with Gasteiger partial charge in [0, 0.05) is 10.6 Å².